The smallest absolute Gasteiger partial charge is 0.248 e. The number of ether oxygens (including phenoxy) is 2. The molecule has 7 heteroatoms. The van der Waals surface area contributed by atoms with Crippen molar-refractivity contribution in [2.75, 3.05) is 19.0 Å². The van der Waals surface area contributed by atoms with Gasteiger partial charge in [-0.05, 0) is 61.0 Å². The van der Waals surface area contributed by atoms with Crippen LogP contribution in [0.4, 0.5) is 5.69 Å². The second-order valence-corrected chi connectivity index (χ2v) is 6.69. The van der Waals surface area contributed by atoms with Gasteiger partial charge in [0.25, 0.3) is 0 Å². The number of carbonyl (C=O) groups excluding carboxylic acids is 1. The molecule has 0 radical (unpaired) electrons. The number of hydrogen-bond donors (Lipinski definition) is 2. The van der Waals surface area contributed by atoms with E-state index in [1.54, 1.807) is 55.7 Å². The van der Waals surface area contributed by atoms with Crippen LogP contribution in [0.25, 0.3) is 17.4 Å². The highest BCUT2D eigenvalue weighted by atomic mass is 35.5. The summed E-state index contributed by atoms with van der Waals surface area (Å²) in [5.74, 6) is 1.95. The van der Waals surface area contributed by atoms with E-state index in [-0.39, 0.29) is 12.5 Å². The van der Waals surface area contributed by atoms with Crippen molar-refractivity contribution in [2.45, 2.75) is 13.5 Å². The van der Waals surface area contributed by atoms with Gasteiger partial charge in [0, 0.05) is 17.3 Å². The molecular formula is C23H22ClNO5. The molecule has 1 amide bonds. The van der Waals surface area contributed by atoms with Crippen LogP contribution in [0.15, 0.2) is 59.0 Å². The Hall–Kier alpha value is -3.22. The maximum Gasteiger partial charge on any atom is 0.248 e. The van der Waals surface area contributed by atoms with Crippen LogP contribution in [0.2, 0.25) is 5.02 Å². The Morgan fingerprint density at radius 2 is 2.00 bits per heavy atom. The number of furan rings is 1. The van der Waals surface area contributed by atoms with Crippen LogP contribution >= 0.6 is 11.6 Å². The Morgan fingerprint density at radius 1 is 1.17 bits per heavy atom. The van der Waals surface area contributed by atoms with Crippen LogP contribution in [-0.2, 0) is 11.4 Å². The molecule has 3 rings (SSSR count). The molecular weight excluding hydrogens is 406 g/mol. The molecule has 0 saturated carbocycles. The van der Waals surface area contributed by atoms with Crippen LogP contribution < -0.4 is 14.8 Å². The number of rotatable bonds is 8. The van der Waals surface area contributed by atoms with E-state index in [0.717, 1.165) is 5.56 Å². The lowest BCUT2D eigenvalue weighted by atomic mass is 10.1. The summed E-state index contributed by atoms with van der Waals surface area (Å²) in [6, 6.07) is 14.0. The van der Waals surface area contributed by atoms with E-state index in [0.29, 0.717) is 45.9 Å². The lowest BCUT2D eigenvalue weighted by molar-refractivity contribution is -0.111. The topological polar surface area (TPSA) is 80.9 Å². The van der Waals surface area contributed by atoms with E-state index < -0.39 is 0 Å². The van der Waals surface area contributed by atoms with Crippen molar-refractivity contribution >= 4 is 29.3 Å². The zero-order chi connectivity index (χ0) is 21.5. The molecule has 0 fully saturated rings. The number of hydrogen-bond acceptors (Lipinski definition) is 5. The molecule has 0 aliphatic rings. The first kappa shape index (κ1) is 21.5. The predicted molar refractivity (Wildman–Crippen MR) is 117 cm³/mol. The lowest BCUT2D eigenvalue weighted by Crippen LogP contribution is -2.07. The van der Waals surface area contributed by atoms with Gasteiger partial charge in [-0.1, -0.05) is 17.7 Å². The Balaban J connectivity index is 1.68. The zero-order valence-corrected chi connectivity index (χ0v) is 17.4. The molecule has 0 saturated heterocycles. The molecule has 0 unspecified atom stereocenters. The molecule has 6 nitrogen and oxygen atoms in total. The van der Waals surface area contributed by atoms with Crippen LogP contribution in [0.3, 0.4) is 0 Å². The Morgan fingerprint density at radius 3 is 2.67 bits per heavy atom. The number of anilines is 1. The number of benzene rings is 2. The van der Waals surface area contributed by atoms with Gasteiger partial charge in [-0.15, -0.1) is 0 Å². The molecule has 156 valence electrons. The normalized spacial score (nSPS) is 10.9. The number of aliphatic hydroxyl groups excluding tert-OH is 1. The minimum Gasteiger partial charge on any atom is -0.493 e. The van der Waals surface area contributed by atoms with Gasteiger partial charge < -0.3 is 24.3 Å². The lowest BCUT2D eigenvalue weighted by Gasteiger charge is -2.09. The maximum atomic E-state index is 12.3. The van der Waals surface area contributed by atoms with Crippen LogP contribution in [0, 0.1) is 0 Å². The third kappa shape index (κ3) is 5.23. The van der Waals surface area contributed by atoms with Crippen molar-refractivity contribution in [1.29, 1.82) is 0 Å². The number of halogens is 1. The van der Waals surface area contributed by atoms with Crippen molar-refractivity contribution in [1.82, 2.24) is 0 Å². The van der Waals surface area contributed by atoms with Gasteiger partial charge in [0.2, 0.25) is 5.91 Å². The molecule has 0 atom stereocenters. The first-order chi connectivity index (χ1) is 14.5. The Kier molecular flexibility index (Phi) is 7.17. The molecule has 3 aromatic rings. The summed E-state index contributed by atoms with van der Waals surface area (Å²) in [4.78, 5) is 12.3. The van der Waals surface area contributed by atoms with Gasteiger partial charge in [-0.25, -0.2) is 0 Å². The van der Waals surface area contributed by atoms with Gasteiger partial charge in [0.15, 0.2) is 11.5 Å². The summed E-state index contributed by atoms with van der Waals surface area (Å²) >= 11 is 6.33. The molecule has 0 spiro atoms. The quantitative estimate of drug-likeness (QED) is 0.486. The molecule has 0 aliphatic carbocycles. The van der Waals surface area contributed by atoms with Gasteiger partial charge in [0.05, 0.1) is 18.7 Å². The predicted octanol–water partition coefficient (Wildman–Crippen LogP) is 5.15. The van der Waals surface area contributed by atoms with Gasteiger partial charge in [-0.3, -0.25) is 4.79 Å². The number of aliphatic hydroxyl groups is 1. The van der Waals surface area contributed by atoms with Crippen molar-refractivity contribution in [3.05, 3.63) is 71.0 Å². The van der Waals surface area contributed by atoms with Crippen molar-refractivity contribution in [2.24, 2.45) is 0 Å². The summed E-state index contributed by atoms with van der Waals surface area (Å²) in [7, 11) is 1.57. The third-order valence-electron chi connectivity index (χ3n) is 4.23. The van der Waals surface area contributed by atoms with Crippen LogP contribution in [0.5, 0.6) is 11.5 Å². The first-order valence-corrected chi connectivity index (χ1v) is 9.71. The van der Waals surface area contributed by atoms with E-state index in [4.69, 9.17) is 30.6 Å². The zero-order valence-electron chi connectivity index (χ0n) is 16.6. The monoisotopic (exact) mass is 427 g/mol. The van der Waals surface area contributed by atoms with Gasteiger partial charge >= 0.3 is 0 Å². The maximum absolute atomic E-state index is 12.3. The van der Waals surface area contributed by atoms with E-state index in [2.05, 4.69) is 5.32 Å². The molecule has 2 aromatic carbocycles. The largest absolute Gasteiger partial charge is 0.493 e. The second-order valence-electron chi connectivity index (χ2n) is 6.28. The third-order valence-corrected chi connectivity index (χ3v) is 4.55. The van der Waals surface area contributed by atoms with Gasteiger partial charge in [-0.2, -0.15) is 0 Å². The fraction of sp³-hybridized carbons (Fsp3) is 0.174. The number of amides is 1. The van der Waals surface area contributed by atoms with E-state index in [9.17, 15) is 4.79 Å². The summed E-state index contributed by atoms with van der Waals surface area (Å²) in [6.07, 6.45) is 3.11. The fourth-order valence-corrected chi connectivity index (χ4v) is 3.09. The van der Waals surface area contributed by atoms with Crippen molar-refractivity contribution in [3.63, 3.8) is 0 Å². The van der Waals surface area contributed by atoms with E-state index in [1.807, 2.05) is 13.0 Å². The minimum absolute atomic E-state index is 0.182. The molecule has 1 aromatic heterocycles. The first-order valence-electron chi connectivity index (χ1n) is 9.33. The van der Waals surface area contributed by atoms with E-state index in [1.165, 1.54) is 6.08 Å². The van der Waals surface area contributed by atoms with Crippen molar-refractivity contribution < 1.29 is 23.8 Å². The Labute approximate surface area is 179 Å². The van der Waals surface area contributed by atoms with Crippen LogP contribution in [-0.4, -0.2) is 24.7 Å². The summed E-state index contributed by atoms with van der Waals surface area (Å²) in [6.45, 7) is 2.26. The fourth-order valence-electron chi connectivity index (χ4n) is 2.82. The average molecular weight is 428 g/mol. The standard InChI is InChI=1S/C23H22ClNO5/c1-3-29-21-9-4-15(12-22(21)28-2)5-11-23(27)25-16-6-8-18(19(24)13-16)20-10-7-17(14-26)30-20/h4-13,26H,3,14H2,1-2H3,(H,25,27)/b11-5+. The highest BCUT2D eigenvalue weighted by Crippen LogP contribution is 2.32. The molecule has 0 aliphatic heterocycles. The SMILES string of the molecule is CCOc1ccc(/C=C/C(=O)Nc2ccc(-c3ccc(CO)o3)c(Cl)c2)cc1OC. The minimum atomic E-state index is -0.299. The molecule has 2 N–H and O–H groups in total. The number of carbonyl (C=O) groups is 1. The number of methoxy groups -OCH3 is 1. The van der Waals surface area contributed by atoms with Crippen molar-refractivity contribution in [3.8, 4) is 22.8 Å². The highest BCUT2D eigenvalue weighted by Gasteiger charge is 2.10. The van der Waals surface area contributed by atoms with Crippen LogP contribution in [0.1, 0.15) is 18.2 Å². The Bertz CT molecular complexity index is 1060. The summed E-state index contributed by atoms with van der Waals surface area (Å²) in [5.41, 5.74) is 2.03. The molecule has 30 heavy (non-hydrogen) atoms. The molecule has 0 bridgehead atoms. The molecule has 1 heterocycles. The van der Waals surface area contributed by atoms with E-state index >= 15 is 0 Å². The average Bonchev–Trinajstić information content (AvgIpc) is 3.22. The second kappa shape index (κ2) is 10.0. The van der Waals surface area contributed by atoms with Gasteiger partial charge in [0.1, 0.15) is 18.1 Å². The highest BCUT2D eigenvalue weighted by molar-refractivity contribution is 6.33. The summed E-state index contributed by atoms with van der Waals surface area (Å²) in [5, 5.41) is 12.3. The summed E-state index contributed by atoms with van der Waals surface area (Å²) < 4.78 is 16.3. The number of nitrogens with one attached hydrogen (secondary N) is 1.